The topological polar surface area (TPSA) is 71.1 Å². The molecule has 0 radical (unpaired) electrons. The smallest absolute Gasteiger partial charge is 0.331 e. The summed E-state index contributed by atoms with van der Waals surface area (Å²) in [5.74, 6) is -0.275. The van der Waals surface area contributed by atoms with Gasteiger partial charge in [-0.05, 0) is 31.0 Å². The third-order valence-corrected chi connectivity index (χ3v) is 5.26. The summed E-state index contributed by atoms with van der Waals surface area (Å²) in [5, 5.41) is 0. The van der Waals surface area contributed by atoms with Crippen LogP contribution in [0.25, 0.3) is 0 Å². The lowest BCUT2D eigenvalue weighted by atomic mass is 10.0. The molecule has 1 rings (SSSR count). The number of methoxy groups -OCH3 is 1. The Hall–Kier alpha value is -1.36. The summed E-state index contributed by atoms with van der Waals surface area (Å²) in [4.78, 5) is 12.1. The van der Waals surface area contributed by atoms with E-state index in [0.717, 1.165) is 11.3 Å². The Morgan fingerprint density at radius 2 is 1.73 bits per heavy atom. The fraction of sp³-hybridized carbons (Fsp3) is 0.533. The fourth-order valence-electron chi connectivity index (χ4n) is 2.02. The standard InChI is InChI=1S/C15H23O6P/c1-5-21-15(16)13(11-22(17,19-3)20-4)10-12-6-8-14(18-2)9-7-12/h6-9,13H,5,10-11H2,1-4H3. The van der Waals surface area contributed by atoms with E-state index < -0.39 is 19.5 Å². The number of ether oxygens (including phenoxy) is 2. The van der Waals surface area contributed by atoms with E-state index in [2.05, 4.69) is 0 Å². The van der Waals surface area contributed by atoms with Crippen LogP contribution >= 0.6 is 7.60 Å². The molecule has 0 heterocycles. The average Bonchev–Trinajstić information content (AvgIpc) is 2.55. The maximum atomic E-state index is 12.3. The molecule has 1 aromatic rings. The summed E-state index contributed by atoms with van der Waals surface area (Å²) in [5.41, 5.74) is 0.914. The highest BCUT2D eigenvalue weighted by Crippen LogP contribution is 2.48. The number of rotatable bonds is 9. The summed E-state index contributed by atoms with van der Waals surface area (Å²) in [7, 11) is 0.905. The normalized spacial score (nSPS) is 12.7. The highest BCUT2D eigenvalue weighted by Gasteiger charge is 2.32. The molecule has 1 atom stereocenters. The van der Waals surface area contributed by atoms with Gasteiger partial charge in [-0.3, -0.25) is 9.36 Å². The van der Waals surface area contributed by atoms with E-state index in [9.17, 15) is 9.36 Å². The van der Waals surface area contributed by atoms with Gasteiger partial charge in [0.05, 0.1) is 25.8 Å². The highest BCUT2D eigenvalue weighted by atomic mass is 31.2. The van der Waals surface area contributed by atoms with Crippen molar-refractivity contribution in [2.24, 2.45) is 5.92 Å². The highest BCUT2D eigenvalue weighted by molar-refractivity contribution is 7.53. The van der Waals surface area contributed by atoms with Crippen molar-refractivity contribution in [1.29, 1.82) is 0 Å². The lowest BCUT2D eigenvalue weighted by Crippen LogP contribution is -2.24. The zero-order valence-electron chi connectivity index (χ0n) is 13.4. The monoisotopic (exact) mass is 330 g/mol. The summed E-state index contributed by atoms with van der Waals surface area (Å²) < 4.78 is 32.3. The predicted molar refractivity (Wildman–Crippen MR) is 83.3 cm³/mol. The van der Waals surface area contributed by atoms with E-state index in [0.29, 0.717) is 6.42 Å². The first-order chi connectivity index (χ1) is 10.5. The zero-order valence-corrected chi connectivity index (χ0v) is 14.3. The number of hydrogen-bond acceptors (Lipinski definition) is 6. The van der Waals surface area contributed by atoms with Crippen LogP contribution in [0.1, 0.15) is 12.5 Å². The Bertz CT molecular complexity index is 505. The Kier molecular flexibility index (Phi) is 7.59. The third-order valence-electron chi connectivity index (χ3n) is 3.26. The molecule has 1 aromatic carbocycles. The van der Waals surface area contributed by atoms with Crippen molar-refractivity contribution in [2.75, 3.05) is 34.1 Å². The molecule has 22 heavy (non-hydrogen) atoms. The first-order valence-electron chi connectivity index (χ1n) is 6.98. The van der Waals surface area contributed by atoms with Gasteiger partial charge >= 0.3 is 13.6 Å². The van der Waals surface area contributed by atoms with Crippen LogP contribution in [0.4, 0.5) is 0 Å². The van der Waals surface area contributed by atoms with Gasteiger partial charge in [-0.2, -0.15) is 0 Å². The predicted octanol–water partition coefficient (Wildman–Crippen LogP) is 2.90. The molecule has 0 fully saturated rings. The molecular weight excluding hydrogens is 307 g/mol. The largest absolute Gasteiger partial charge is 0.497 e. The molecule has 0 saturated carbocycles. The van der Waals surface area contributed by atoms with Crippen LogP contribution in [0.5, 0.6) is 5.75 Å². The quantitative estimate of drug-likeness (QED) is 0.512. The van der Waals surface area contributed by atoms with E-state index in [1.54, 1.807) is 14.0 Å². The molecule has 124 valence electrons. The second-order valence-corrected chi connectivity index (χ2v) is 6.98. The van der Waals surface area contributed by atoms with Crippen molar-refractivity contribution in [3.05, 3.63) is 29.8 Å². The SMILES string of the molecule is CCOC(=O)C(Cc1ccc(OC)cc1)CP(=O)(OC)OC. The Labute approximate surface area is 131 Å². The van der Waals surface area contributed by atoms with Gasteiger partial charge in [0, 0.05) is 14.2 Å². The number of carbonyl (C=O) groups is 1. The molecule has 0 bridgehead atoms. The van der Waals surface area contributed by atoms with Crippen LogP contribution in [0.15, 0.2) is 24.3 Å². The molecule has 1 unspecified atom stereocenters. The Morgan fingerprint density at radius 1 is 1.14 bits per heavy atom. The molecule has 0 aliphatic carbocycles. The van der Waals surface area contributed by atoms with Crippen LogP contribution in [0.2, 0.25) is 0 Å². The van der Waals surface area contributed by atoms with E-state index in [-0.39, 0.29) is 12.8 Å². The van der Waals surface area contributed by atoms with E-state index in [4.69, 9.17) is 18.5 Å². The van der Waals surface area contributed by atoms with E-state index >= 15 is 0 Å². The average molecular weight is 330 g/mol. The molecule has 0 aromatic heterocycles. The van der Waals surface area contributed by atoms with E-state index in [1.165, 1.54) is 14.2 Å². The first-order valence-corrected chi connectivity index (χ1v) is 8.70. The van der Waals surface area contributed by atoms with Crippen molar-refractivity contribution < 1.29 is 27.9 Å². The first kappa shape index (κ1) is 18.7. The van der Waals surface area contributed by atoms with Crippen molar-refractivity contribution in [3.8, 4) is 5.75 Å². The van der Waals surface area contributed by atoms with E-state index in [1.807, 2.05) is 24.3 Å². The molecule has 0 aliphatic rings. The molecule has 7 heteroatoms. The zero-order chi connectivity index (χ0) is 16.6. The minimum absolute atomic E-state index is 0.0230. The van der Waals surface area contributed by atoms with Gasteiger partial charge in [-0.1, -0.05) is 12.1 Å². The van der Waals surface area contributed by atoms with Gasteiger partial charge in [0.15, 0.2) is 0 Å². The van der Waals surface area contributed by atoms with Crippen LogP contribution < -0.4 is 4.74 Å². The third kappa shape index (κ3) is 5.44. The van der Waals surface area contributed by atoms with Gasteiger partial charge in [0.25, 0.3) is 0 Å². The minimum Gasteiger partial charge on any atom is -0.497 e. The minimum atomic E-state index is -3.29. The van der Waals surface area contributed by atoms with Gasteiger partial charge in [0.1, 0.15) is 5.75 Å². The van der Waals surface area contributed by atoms with Gasteiger partial charge in [-0.25, -0.2) is 0 Å². The van der Waals surface area contributed by atoms with Crippen molar-refractivity contribution in [3.63, 3.8) is 0 Å². The van der Waals surface area contributed by atoms with Crippen LogP contribution in [0, 0.1) is 5.92 Å². The molecule has 0 N–H and O–H groups in total. The Balaban J connectivity index is 2.89. The fourth-order valence-corrected chi connectivity index (χ4v) is 3.29. The van der Waals surface area contributed by atoms with Gasteiger partial charge in [0.2, 0.25) is 0 Å². The van der Waals surface area contributed by atoms with Crippen LogP contribution in [0.3, 0.4) is 0 Å². The van der Waals surface area contributed by atoms with Crippen molar-refractivity contribution in [1.82, 2.24) is 0 Å². The van der Waals surface area contributed by atoms with Crippen molar-refractivity contribution >= 4 is 13.6 Å². The van der Waals surface area contributed by atoms with Gasteiger partial charge in [-0.15, -0.1) is 0 Å². The molecule has 0 spiro atoms. The number of esters is 1. The maximum absolute atomic E-state index is 12.3. The summed E-state index contributed by atoms with van der Waals surface area (Å²) in [6, 6.07) is 7.33. The summed E-state index contributed by atoms with van der Waals surface area (Å²) >= 11 is 0. The lowest BCUT2D eigenvalue weighted by Gasteiger charge is -2.20. The number of carbonyl (C=O) groups excluding carboxylic acids is 1. The van der Waals surface area contributed by atoms with Crippen LogP contribution in [-0.2, 0) is 29.6 Å². The second-order valence-electron chi connectivity index (χ2n) is 4.66. The summed E-state index contributed by atoms with van der Waals surface area (Å²) in [6.45, 7) is 2.00. The second kappa shape index (κ2) is 8.93. The molecular formula is C15H23O6P. The molecule has 6 nitrogen and oxygen atoms in total. The lowest BCUT2D eigenvalue weighted by molar-refractivity contribution is -0.147. The maximum Gasteiger partial charge on any atom is 0.331 e. The number of benzene rings is 1. The van der Waals surface area contributed by atoms with Crippen molar-refractivity contribution in [2.45, 2.75) is 13.3 Å². The summed E-state index contributed by atoms with van der Waals surface area (Å²) in [6.07, 6.45) is 0.365. The molecule has 0 aliphatic heterocycles. The van der Waals surface area contributed by atoms with Gasteiger partial charge < -0.3 is 18.5 Å². The Morgan fingerprint density at radius 3 is 2.18 bits per heavy atom. The van der Waals surface area contributed by atoms with Crippen LogP contribution in [-0.4, -0.2) is 40.1 Å². The molecule has 0 saturated heterocycles. The molecule has 0 amide bonds. The number of hydrogen-bond donors (Lipinski definition) is 0.